The van der Waals surface area contributed by atoms with Gasteiger partial charge in [-0.15, -0.1) is 0 Å². The van der Waals surface area contributed by atoms with Crippen LogP contribution in [-0.4, -0.2) is 45.3 Å². The maximum absolute atomic E-state index is 13.9. The first-order valence-electron chi connectivity index (χ1n) is 12.5. The number of carbonyl (C=O) groups is 2. The van der Waals surface area contributed by atoms with E-state index in [1.54, 1.807) is 0 Å². The summed E-state index contributed by atoms with van der Waals surface area (Å²) >= 11 is 0. The smallest absolute Gasteiger partial charge is 0.242 e. The third kappa shape index (κ3) is 4.56. The summed E-state index contributed by atoms with van der Waals surface area (Å²) in [5.74, 6) is 2.56. The van der Waals surface area contributed by atoms with Gasteiger partial charge >= 0.3 is 0 Å². The lowest BCUT2D eigenvalue weighted by atomic mass is 9.49. The molecular weight excluding hydrogens is 386 g/mol. The van der Waals surface area contributed by atoms with Crippen LogP contribution in [0.1, 0.15) is 77.8 Å². The first kappa shape index (κ1) is 22.4. The molecule has 4 saturated carbocycles. The van der Waals surface area contributed by atoms with Crippen molar-refractivity contribution >= 4 is 11.8 Å². The van der Waals surface area contributed by atoms with E-state index in [2.05, 4.69) is 31.4 Å². The largest absolute Gasteiger partial charge is 0.353 e. The molecule has 0 atom stereocenters. The molecule has 1 aromatic rings. The summed E-state index contributed by atoms with van der Waals surface area (Å²) in [5.41, 5.74) is 0.944. The van der Waals surface area contributed by atoms with Crippen LogP contribution in [0.5, 0.6) is 0 Å². The number of hydrogen-bond donors (Lipinski definition) is 0. The molecule has 4 aliphatic carbocycles. The predicted octanol–water partition coefficient (Wildman–Crippen LogP) is 4.61. The van der Waals surface area contributed by atoms with Crippen molar-refractivity contribution in [3.05, 3.63) is 24.0 Å². The van der Waals surface area contributed by atoms with Crippen LogP contribution in [0.2, 0.25) is 0 Å². The van der Waals surface area contributed by atoms with Gasteiger partial charge in [0.15, 0.2) is 0 Å². The first-order valence-corrected chi connectivity index (χ1v) is 12.5. The third-order valence-corrected chi connectivity index (χ3v) is 8.22. The van der Waals surface area contributed by atoms with Crippen LogP contribution in [-0.2, 0) is 23.2 Å². The monoisotopic (exact) mass is 427 g/mol. The van der Waals surface area contributed by atoms with Gasteiger partial charge in [-0.2, -0.15) is 0 Å². The van der Waals surface area contributed by atoms with Crippen LogP contribution >= 0.6 is 0 Å². The molecule has 5 rings (SSSR count). The number of carbonyl (C=O) groups excluding carboxylic acids is 2. The molecule has 5 heteroatoms. The molecule has 172 valence electrons. The molecule has 31 heavy (non-hydrogen) atoms. The minimum absolute atomic E-state index is 0.0486. The van der Waals surface area contributed by atoms with Crippen LogP contribution < -0.4 is 0 Å². The van der Waals surface area contributed by atoms with Gasteiger partial charge in [0.1, 0.15) is 6.54 Å². The third-order valence-electron chi connectivity index (χ3n) is 8.22. The molecule has 0 spiro atoms. The lowest BCUT2D eigenvalue weighted by Crippen LogP contribution is -2.57. The molecular formula is C26H41N3O2. The van der Waals surface area contributed by atoms with Gasteiger partial charge in [0.25, 0.3) is 0 Å². The van der Waals surface area contributed by atoms with Gasteiger partial charge in [-0.05, 0) is 88.7 Å². The van der Waals surface area contributed by atoms with Crippen molar-refractivity contribution in [3.8, 4) is 0 Å². The molecule has 1 heterocycles. The number of nitrogens with zero attached hydrogens (tertiary/aromatic N) is 3. The molecule has 0 N–H and O–H groups in total. The minimum atomic E-state index is -0.189. The quantitative estimate of drug-likeness (QED) is 0.578. The molecule has 1 aromatic heterocycles. The van der Waals surface area contributed by atoms with Gasteiger partial charge in [0, 0.05) is 31.5 Å². The molecule has 0 aromatic carbocycles. The van der Waals surface area contributed by atoms with Crippen molar-refractivity contribution in [2.75, 3.05) is 13.1 Å². The lowest BCUT2D eigenvalue weighted by molar-refractivity contribution is -0.162. The van der Waals surface area contributed by atoms with E-state index in [9.17, 15) is 9.59 Å². The van der Waals surface area contributed by atoms with Crippen molar-refractivity contribution in [2.24, 2.45) is 30.2 Å². The number of hydrogen-bond acceptors (Lipinski definition) is 2. The Labute approximate surface area is 188 Å². The molecule has 0 aliphatic heterocycles. The van der Waals surface area contributed by atoms with E-state index in [4.69, 9.17) is 0 Å². The van der Waals surface area contributed by atoms with Crippen molar-refractivity contribution in [1.29, 1.82) is 0 Å². The van der Waals surface area contributed by atoms with Gasteiger partial charge in [-0.3, -0.25) is 9.59 Å². The topological polar surface area (TPSA) is 45.6 Å². The lowest BCUT2D eigenvalue weighted by Gasteiger charge is -2.57. The minimum Gasteiger partial charge on any atom is -0.353 e. The molecule has 2 amide bonds. The molecule has 4 bridgehead atoms. The van der Waals surface area contributed by atoms with Gasteiger partial charge < -0.3 is 14.4 Å². The summed E-state index contributed by atoms with van der Waals surface area (Å²) < 4.78 is 2.08. The Morgan fingerprint density at radius 3 is 2.23 bits per heavy atom. The summed E-state index contributed by atoms with van der Waals surface area (Å²) in [6.07, 6.45) is 11.2. The summed E-state index contributed by atoms with van der Waals surface area (Å²) in [7, 11) is 2.02. The average molecular weight is 428 g/mol. The summed E-state index contributed by atoms with van der Waals surface area (Å²) in [4.78, 5) is 31.3. The van der Waals surface area contributed by atoms with E-state index in [0.29, 0.717) is 6.54 Å². The molecule has 0 unspecified atom stereocenters. The summed E-state index contributed by atoms with van der Waals surface area (Å²) in [6.45, 7) is 7.87. The Bertz CT molecular complexity index is 761. The van der Waals surface area contributed by atoms with E-state index in [-0.39, 0.29) is 29.8 Å². The van der Waals surface area contributed by atoms with E-state index < -0.39 is 0 Å². The molecule has 4 fully saturated rings. The Morgan fingerprint density at radius 1 is 1.13 bits per heavy atom. The van der Waals surface area contributed by atoms with Crippen LogP contribution in [0.3, 0.4) is 0 Å². The van der Waals surface area contributed by atoms with Crippen LogP contribution in [0.25, 0.3) is 0 Å². The zero-order valence-electron chi connectivity index (χ0n) is 20.0. The zero-order valence-corrected chi connectivity index (χ0v) is 20.0. The Hall–Kier alpha value is -1.78. The molecule has 0 radical (unpaired) electrons. The molecule has 4 aliphatic rings. The SMILES string of the molecule is CCCCN(Cc1cccn1C)C(=O)CN(C(=O)C12CC3CC(CC(C3)C1)C2)C(C)C. The van der Waals surface area contributed by atoms with Gasteiger partial charge in [0.05, 0.1) is 12.0 Å². The maximum Gasteiger partial charge on any atom is 0.242 e. The van der Waals surface area contributed by atoms with E-state index >= 15 is 0 Å². The van der Waals surface area contributed by atoms with Crippen LogP contribution in [0.15, 0.2) is 18.3 Å². The highest BCUT2D eigenvalue weighted by Crippen LogP contribution is 2.60. The number of aryl methyl sites for hydroxylation is 1. The van der Waals surface area contributed by atoms with Crippen LogP contribution in [0.4, 0.5) is 0 Å². The molecule has 5 nitrogen and oxygen atoms in total. The van der Waals surface area contributed by atoms with Crippen molar-refractivity contribution < 1.29 is 9.59 Å². The number of unbranched alkanes of at least 4 members (excludes halogenated alkanes) is 1. The zero-order chi connectivity index (χ0) is 22.2. The summed E-state index contributed by atoms with van der Waals surface area (Å²) in [5, 5.41) is 0. The Kier molecular flexibility index (Phi) is 6.50. The molecule has 0 saturated heterocycles. The second kappa shape index (κ2) is 8.99. The first-order chi connectivity index (χ1) is 14.8. The predicted molar refractivity (Wildman–Crippen MR) is 123 cm³/mol. The fraction of sp³-hybridized carbons (Fsp3) is 0.769. The van der Waals surface area contributed by atoms with E-state index in [1.807, 2.05) is 29.1 Å². The summed E-state index contributed by atoms with van der Waals surface area (Å²) in [6, 6.07) is 4.15. The highest BCUT2D eigenvalue weighted by molar-refractivity contribution is 5.88. The Morgan fingerprint density at radius 2 is 1.74 bits per heavy atom. The standard InChI is InChI=1S/C26H41N3O2/c1-5-6-10-28(17-23-8-7-9-27(23)4)24(30)18-29(19(2)3)25(31)26-14-20-11-21(15-26)13-22(12-20)16-26/h7-9,19-22H,5-6,10-18H2,1-4H3. The highest BCUT2D eigenvalue weighted by atomic mass is 16.2. The van der Waals surface area contributed by atoms with Gasteiger partial charge in [-0.1, -0.05) is 13.3 Å². The fourth-order valence-corrected chi connectivity index (χ4v) is 6.91. The normalized spacial score (nSPS) is 28.9. The van der Waals surface area contributed by atoms with E-state index in [1.165, 1.54) is 19.3 Å². The van der Waals surface area contributed by atoms with Crippen molar-refractivity contribution in [2.45, 2.75) is 84.7 Å². The maximum atomic E-state index is 13.9. The highest BCUT2D eigenvalue weighted by Gasteiger charge is 2.55. The second-order valence-corrected chi connectivity index (χ2v) is 11.0. The van der Waals surface area contributed by atoms with Gasteiger partial charge in [-0.25, -0.2) is 0 Å². The van der Waals surface area contributed by atoms with Crippen molar-refractivity contribution in [3.63, 3.8) is 0 Å². The fourth-order valence-electron chi connectivity index (χ4n) is 6.91. The number of aromatic nitrogens is 1. The van der Waals surface area contributed by atoms with E-state index in [0.717, 1.165) is 62.1 Å². The van der Waals surface area contributed by atoms with Crippen LogP contribution in [0, 0.1) is 23.2 Å². The van der Waals surface area contributed by atoms with Crippen molar-refractivity contribution in [1.82, 2.24) is 14.4 Å². The van der Waals surface area contributed by atoms with Gasteiger partial charge in [0.2, 0.25) is 11.8 Å². The average Bonchev–Trinajstić information content (AvgIpc) is 3.11. The Balaban J connectivity index is 1.49. The number of rotatable bonds is 9. The number of amides is 2. The second-order valence-electron chi connectivity index (χ2n) is 11.0.